The maximum Gasteiger partial charge on any atom is 0.347 e. The number of carboxylic acids is 1. The number of aromatic carboxylic acids is 1. The van der Waals surface area contributed by atoms with Crippen LogP contribution in [0.5, 0.6) is 0 Å². The fourth-order valence-electron chi connectivity index (χ4n) is 1.70. The third-order valence-electron chi connectivity index (χ3n) is 2.75. The van der Waals surface area contributed by atoms with E-state index in [1.807, 2.05) is 0 Å². The fraction of sp³-hybridized carbons (Fsp3) is 0.615. The Hall–Kier alpha value is -1.63. The molecular weight excluding hydrogens is 278 g/mol. The Morgan fingerprint density at radius 2 is 2.00 bits per heavy atom. The molecule has 7 heteroatoms. The van der Waals surface area contributed by atoms with Crippen LogP contribution in [0, 0.1) is 6.92 Å². The summed E-state index contributed by atoms with van der Waals surface area (Å²) in [6.07, 6.45) is 4.44. The number of carbonyl (C=O) groups excluding carboxylic acids is 1. The molecule has 0 unspecified atom stereocenters. The normalized spacial score (nSPS) is 10.3. The minimum absolute atomic E-state index is 0.224. The van der Waals surface area contributed by atoms with Gasteiger partial charge < -0.3 is 15.7 Å². The molecule has 0 spiro atoms. The molecule has 0 saturated heterocycles. The van der Waals surface area contributed by atoms with E-state index in [0.717, 1.165) is 24.2 Å². The van der Waals surface area contributed by atoms with Gasteiger partial charge in [0, 0.05) is 6.54 Å². The molecule has 0 aliphatic heterocycles. The highest BCUT2D eigenvalue weighted by molar-refractivity contribution is 7.13. The summed E-state index contributed by atoms with van der Waals surface area (Å²) in [5.74, 6) is -0.980. The van der Waals surface area contributed by atoms with E-state index in [4.69, 9.17) is 5.11 Å². The maximum atomic E-state index is 11.5. The van der Waals surface area contributed by atoms with Gasteiger partial charge in [0.15, 0.2) is 0 Å². The van der Waals surface area contributed by atoms with E-state index in [1.165, 1.54) is 12.8 Å². The minimum Gasteiger partial charge on any atom is -0.477 e. The Morgan fingerprint density at radius 1 is 1.25 bits per heavy atom. The van der Waals surface area contributed by atoms with Gasteiger partial charge in [0.05, 0.1) is 12.2 Å². The number of nitrogens with zero attached hydrogens (tertiary/aromatic N) is 1. The number of unbranched alkanes of at least 4 members (excludes halogenated alkanes) is 3. The summed E-state index contributed by atoms with van der Waals surface area (Å²) in [5, 5.41) is 15.0. The number of amides is 2. The number of aryl methyl sites for hydroxylation is 1. The van der Waals surface area contributed by atoms with E-state index in [0.29, 0.717) is 17.2 Å². The smallest absolute Gasteiger partial charge is 0.347 e. The number of hydrogen-bond acceptors (Lipinski definition) is 4. The van der Waals surface area contributed by atoms with Crippen LogP contribution in [0.1, 0.15) is 53.0 Å². The summed E-state index contributed by atoms with van der Waals surface area (Å²) in [6.45, 7) is 4.70. The first-order valence-corrected chi connectivity index (χ1v) is 7.57. The van der Waals surface area contributed by atoms with Crippen LogP contribution in [0.25, 0.3) is 0 Å². The molecule has 0 aliphatic rings. The number of carbonyl (C=O) groups is 2. The number of urea groups is 1. The Balaban J connectivity index is 2.27. The van der Waals surface area contributed by atoms with Gasteiger partial charge in [-0.3, -0.25) is 0 Å². The van der Waals surface area contributed by atoms with E-state index in [-0.39, 0.29) is 17.5 Å². The standard InChI is InChI=1S/C13H21N3O3S/c1-3-4-5-6-7-14-13(19)15-8-10-16-9(2)11(20-10)12(17)18/h3-8H2,1-2H3,(H,17,18)(H2,14,15,19). The van der Waals surface area contributed by atoms with Crippen LogP contribution in [0.3, 0.4) is 0 Å². The van der Waals surface area contributed by atoms with Crippen molar-refractivity contribution in [1.29, 1.82) is 0 Å². The number of carboxylic acid groups (broad SMARTS) is 1. The van der Waals surface area contributed by atoms with E-state index < -0.39 is 5.97 Å². The molecule has 0 aromatic carbocycles. The molecule has 112 valence electrons. The van der Waals surface area contributed by atoms with Crippen molar-refractivity contribution in [1.82, 2.24) is 15.6 Å². The van der Waals surface area contributed by atoms with Crippen LogP contribution in [0.4, 0.5) is 4.79 Å². The van der Waals surface area contributed by atoms with Crippen molar-refractivity contribution in [3.05, 3.63) is 15.6 Å². The predicted octanol–water partition coefficient (Wildman–Crippen LogP) is 2.53. The molecule has 1 heterocycles. The van der Waals surface area contributed by atoms with Crippen molar-refractivity contribution in [3.63, 3.8) is 0 Å². The average molecular weight is 299 g/mol. The Bertz CT molecular complexity index is 460. The second-order valence-corrected chi connectivity index (χ2v) is 5.58. The van der Waals surface area contributed by atoms with Crippen LogP contribution in [0.2, 0.25) is 0 Å². The maximum absolute atomic E-state index is 11.5. The lowest BCUT2D eigenvalue weighted by Crippen LogP contribution is -2.35. The van der Waals surface area contributed by atoms with Crippen LogP contribution in [0.15, 0.2) is 0 Å². The number of nitrogens with one attached hydrogen (secondary N) is 2. The van der Waals surface area contributed by atoms with Crippen molar-refractivity contribution in [2.75, 3.05) is 6.54 Å². The van der Waals surface area contributed by atoms with E-state index in [2.05, 4.69) is 22.5 Å². The van der Waals surface area contributed by atoms with Gasteiger partial charge in [0.1, 0.15) is 9.88 Å². The van der Waals surface area contributed by atoms with Crippen LogP contribution >= 0.6 is 11.3 Å². The lowest BCUT2D eigenvalue weighted by molar-refractivity contribution is 0.0701. The average Bonchev–Trinajstić information content (AvgIpc) is 2.77. The van der Waals surface area contributed by atoms with Crippen molar-refractivity contribution >= 4 is 23.3 Å². The van der Waals surface area contributed by atoms with E-state index in [1.54, 1.807) is 6.92 Å². The van der Waals surface area contributed by atoms with Gasteiger partial charge in [-0.05, 0) is 13.3 Å². The first kappa shape index (κ1) is 16.4. The molecule has 0 saturated carbocycles. The van der Waals surface area contributed by atoms with Crippen molar-refractivity contribution in [3.8, 4) is 0 Å². The Morgan fingerprint density at radius 3 is 2.60 bits per heavy atom. The quantitative estimate of drug-likeness (QED) is 0.643. The molecular formula is C13H21N3O3S. The van der Waals surface area contributed by atoms with Gasteiger partial charge in [-0.2, -0.15) is 0 Å². The molecule has 1 rings (SSSR count). The number of aromatic nitrogens is 1. The van der Waals surface area contributed by atoms with Gasteiger partial charge in [-0.15, -0.1) is 11.3 Å². The van der Waals surface area contributed by atoms with Gasteiger partial charge in [-0.25, -0.2) is 14.6 Å². The third kappa shape index (κ3) is 5.56. The lowest BCUT2D eigenvalue weighted by Gasteiger charge is -2.05. The molecule has 3 N–H and O–H groups in total. The molecule has 0 bridgehead atoms. The number of thiazole rings is 1. The molecule has 1 aromatic rings. The number of rotatable bonds is 8. The first-order valence-electron chi connectivity index (χ1n) is 6.76. The minimum atomic E-state index is -0.980. The zero-order valence-corrected chi connectivity index (χ0v) is 12.7. The second-order valence-electron chi connectivity index (χ2n) is 4.50. The summed E-state index contributed by atoms with van der Waals surface area (Å²) in [7, 11) is 0. The second kappa shape index (κ2) is 8.52. The lowest BCUT2D eigenvalue weighted by atomic mass is 10.2. The molecule has 0 atom stereocenters. The molecule has 0 radical (unpaired) electrons. The van der Waals surface area contributed by atoms with Crippen molar-refractivity contribution in [2.24, 2.45) is 0 Å². The summed E-state index contributed by atoms with van der Waals surface area (Å²) < 4.78 is 0. The summed E-state index contributed by atoms with van der Waals surface area (Å²) in [5.41, 5.74) is 0.485. The van der Waals surface area contributed by atoms with E-state index in [9.17, 15) is 9.59 Å². The Labute approximate surface area is 122 Å². The van der Waals surface area contributed by atoms with Crippen molar-refractivity contribution < 1.29 is 14.7 Å². The van der Waals surface area contributed by atoms with Gasteiger partial charge in [0.25, 0.3) is 0 Å². The zero-order chi connectivity index (χ0) is 15.0. The van der Waals surface area contributed by atoms with Crippen LogP contribution < -0.4 is 10.6 Å². The van der Waals surface area contributed by atoms with Crippen molar-refractivity contribution in [2.45, 2.75) is 46.1 Å². The van der Waals surface area contributed by atoms with Gasteiger partial charge in [0.2, 0.25) is 0 Å². The monoisotopic (exact) mass is 299 g/mol. The topological polar surface area (TPSA) is 91.3 Å². The zero-order valence-electron chi connectivity index (χ0n) is 11.9. The van der Waals surface area contributed by atoms with E-state index >= 15 is 0 Å². The highest BCUT2D eigenvalue weighted by Crippen LogP contribution is 2.17. The summed E-state index contributed by atoms with van der Waals surface area (Å²) in [4.78, 5) is 26.7. The summed E-state index contributed by atoms with van der Waals surface area (Å²) in [6, 6.07) is -0.244. The molecule has 0 aliphatic carbocycles. The third-order valence-corrected chi connectivity index (χ3v) is 3.90. The highest BCUT2D eigenvalue weighted by Gasteiger charge is 2.14. The summed E-state index contributed by atoms with van der Waals surface area (Å²) >= 11 is 1.09. The van der Waals surface area contributed by atoms with Gasteiger partial charge >= 0.3 is 12.0 Å². The molecule has 20 heavy (non-hydrogen) atoms. The predicted molar refractivity (Wildman–Crippen MR) is 78.2 cm³/mol. The first-order chi connectivity index (χ1) is 9.54. The molecule has 2 amide bonds. The molecule has 6 nitrogen and oxygen atoms in total. The highest BCUT2D eigenvalue weighted by atomic mass is 32.1. The fourth-order valence-corrected chi connectivity index (χ4v) is 2.54. The number of hydrogen-bond donors (Lipinski definition) is 3. The SMILES string of the molecule is CCCCCCNC(=O)NCc1nc(C)c(C(=O)O)s1. The van der Waals surface area contributed by atoms with Crippen LogP contribution in [-0.4, -0.2) is 28.6 Å². The molecule has 0 fully saturated rings. The van der Waals surface area contributed by atoms with Crippen LogP contribution in [-0.2, 0) is 6.54 Å². The largest absolute Gasteiger partial charge is 0.477 e. The Kier molecular flexibility index (Phi) is 7.00. The molecule has 1 aromatic heterocycles. The van der Waals surface area contributed by atoms with Gasteiger partial charge in [-0.1, -0.05) is 26.2 Å².